The van der Waals surface area contributed by atoms with Gasteiger partial charge >= 0.3 is 0 Å². The van der Waals surface area contributed by atoms with Gasteiger partial charge in [-0.3, -0.25) is 4.90 Å². The number of ether oxygens (including phenoxy) is 1. The van der Waals surface area contributed by atoms with E-state index in [-0.39, 0.29) is 0 Å². The minimum absolute atomic E-state index is 0.685. The van der Waals surface area contributed by atoms with Crippen molar-refractivity contribution in [1.82, 2.24) is 14.5 Å². The predicted molar refractivity (Wildman–Crippen MR) is 82.2 cm³/mol. The van der Waals surface area contributed by atoms with E-state index in [1.54, 1.807) is 0 Å². The molecule has 0 atom stereocenters. The van der Waals surface area contributed by atoms with Gasteiger partial charge in [0.25, 0.3) is 0 Å². The summed E-state index contributed by atoms with van der Waals surface area (Å²) in [5.74, 6) is 2.07. The highest BCUT2D eigenvalue weighted by atomic mass is 16.5. The summed E-state index contributed by atoms with van der Waals surface area (Å²) in [6.07, 6.45) is 4.84. The highest BCUT2D eigenvalue weighted by molar-refractivity contribution is 5.27. The van der Waals surface area contributed by atoms with Crippen LogP contribution in [0.5, 0.6) is 5.75 Å². The SMILES string of the molecule is NCCc1ccc(OCCN2CCn3ccnc3C2)cc1. The number of rotatable bonds is 6. The van der Waals surface area contributed by atoms with Gasteiger partial charge in [-0.1, -0.05) is 12.1 Å². The van der Waals surface area contributed by atoms with Crippen LogP contribution in [0.3, 0.4) is 0 Å². The first-order chi connectivity index (χ1) is 10.3. The van der Waals surface area contributed by atoms with Crippen LogP contribution in [-0.4, -0.2) is 40.7 Å². The van der Waals surface area contributed by atoms with Crippen LogP contribution in [-0.2, 0) is 19.5 Å². The summed E-state index contributed by atoms with van der Waals surface area (Å²) in [7, 11) is 0. The Bertz CT molecular complexity index is 564. The molecule has 5 nitrogen and oxygen atoms in total. The fourth-order valence-electron chi connectivity index (χ4n) is 2.63. The van der Waals surface area contributed by atoms with Gasteiger partial charge in [0, 0.05) is 32.0 Å². The molecule has 1 aliphatic heterocycles. The van der Waals surface area contributed by atoms with E-state index in [0.717, 1.165) is 44.2 Å². The van der Waals surface area contributed by atoms with Crippen molar-refractivity contribution in [3.05, 3.63) is 48.0 Å². The Hall–Kier alpha value is -1.85. The standard InChI is InChI=1S/C16H22N4O/c17-6-5-14-1-3-15(4-2-14)21-12-11-19-9-10-20-8-7-18-16(20)13-19/h1-4,7-8H,5-6,9-13,17H2. The van der Waals surface area contributed by atoms with E-state index in [0.29, 0.717) is 13.2 Å². The summed E-state index contributed by atoms with van der Waals surface area (Å²) < 4.78 is 8.03. The van der Waals surface area contributed by atoms with Crippen LogP contribution < -0.4 is 10.5 Å². The molecule has 0 spiro atoms. The molecule has 2 heterocycles. The van der Waals surface area contributed by atoms with Gasteiger partial charge in [0.1, 0.15) is 18.2 Å². The largest absolute Gasteiger partial charge is 0.492 e. The highest BCUT2D eigenvalue weighted by Gasteiger charge is 2.15. The quantitative estimate of drug-likeness (QED) is 0.869. The van der Waals surface area contributed by atoms with Crippen molar-refractivity contribution in [3.63, 3.8) is 0 Å². The van der Waals surface area contributed by atoms with Crippen LogP contribution in [0.25, 0.3) is 0 Å². The lowest BCUT2D eigenvalue weighted by Gasteiger charge is -2.27. The lowest BCUT2D eigenvalue weighted by atomic mass is 10.1. The van der Waals surface area contributed by atoms with Crippen LogP contribution in [0, 0.1) is 0 Å². The number of hydrogen-bond donors (Lipinski definition) is 1. The molecule has 1 aromatic heterocycles. The summed E-state index contributed by atoms with van der Waals surface area (Å²) in [4.78, 5) is 6.75. The Balaban J connectivity index is 1.44. The minimum Gasteiger partial charge on any atom is -0.492 e. The van der Waals surface area contributed by atoms with Gasteiger partial charge in [-0.05, 0) is 30.7 Å². The molecule has 5 heteroatoms. The van der Waals surface area contributed by atoms with E-state index in [1.807, 2.05) is 24.5 Å². The molecule has 2 aromatic rings. The van der Waals surface area contributed by atoms with Gasteiger partial charge in [-0.2, -0.15) is 0 Å². The Morgan fingerprint density at radius 1 is 1.19 bits per heavy atom. The Morgan fingerprint density at radius 2 is 2.05 bits per heavy atom. The number of aromatic nitrogens is 2. The van der Waals surface area contributed by atoms with Crippen LogP contribution >= 0.6 is 0 Å². The molecule has 0 aliphatic carbocycles. The van der Waals surface area contributed by atoms with Crippen LogP contribution in [0.2, 0.25) is 0 Å². The topological polar surface area (TPSA) is 56.3 Å². The zero-order valence-electron chi connectivity index (χ0n) is 12.2. The number of nitrogens with two attached hydrogens (primary N) is 1. The number of hydrogen-bond acceptors (Lipinski definition) is 4. The molecule has 21 heavy (non-hydrogen) atoms. The molecule has 3 rings (SSSR count). The van der Waals surface area contributed by atoms with E-state index in [4.69, 9.17) is 10.5 Å². The molecule has 0 radical (unpaired) electrons. The molecule has 0 fully saturated rings. The van der Waals surface area contributed by atoms with Gasteiger partial charge in [-0.15, -0.1) is 0 Å². The summed E-state index contributed by atoms with van der Waals surface area (Å²) in [5, 5.41) is 0. The molecule has 0 saturated heterocycles. The van der Waals surface area contributed by atoms with E-state index in [2.05, 4.69) is 26.6 Å². The normalized spacial score (nSPS) is 14.9. The Kier molecular flexibility index (Phi) is 4.52. The molecule has 0 saturated carbocycles. The third-order valence-electron chi connectivity index (χ3n) is 3.86. The summed E-state index contributed by atoms with van der Waals surface area (Å²) in [6.45, 7) is 5.30. The second-order valence-electron chi connectivity index (χ2n) is 5.34. The summed E-state index contributed by atoms with van der Waals surface area (Å²) in [5.41, 5.74) is 6.80. The lowest BCUT2D eigenvalue weighted by molar-refractivity contribution is 0.175. The average molecular weight is 286 g/mol. The van der Waals surface area contributed by atoms with Crippen LogP contribution in [0.1, 0.15) is 11.4 Å². The monoisotopic (exact) mass is 286 g/mol. The third-order valence-corrected chi connectivity index (χ3v) is 3.86. The second-order valence-corrected chi connectivity index (χ2v) is 5.34. The van der Waals surface area contributed by atoms with Crippen molar-refractivity contribution >= 4 is 0 Å². The van der Waals surface area contributed by atoms with Gasteiger partial charge in [0.05, 0.1) is 6.54 Å². The van der Waals surface area contributed by atoms with Crippen molar-refractivity contribution in [2.45, 2.75) is 19.5 Å². The summed E-state index contributed by atoms with van der Waals surface area (Å²) in [6, 6.07) is 8.21. The highest BCUT2D eigenvalue weighted by Crippen LogP contribution is 2.13. The fraction of sp³-hybridized carbons (Fsp3) is 0.438. The number of fused-ring (bicyclic) bond motifs is 1. The molecule has 0 bridgehead atoms. The molecule has 112 valence electrons. The maximum atomic E-state index is 5.81. The number of benzene rings is 1. The molecular formula is C16H22N4O. The molecule has 1 aromatic carbocycles. The van der Waals surface area contributed by atoms with E-state index in [1.165, 1.54) is 5.56 Å². The third kappa shape index (κ3) is 3.62. The van der Waals surface area contributed by atoms with Gasteiger partial charge in [-0.25, -0.2) is 4.98 Å². The number of nitrogens with zero attached hydrogens (tertiary/aromatic N) is 3. The van der Waals surface area contributed by atoms with Crippen molar-refractivity contribution < 1.29 is 4.74 Å². The van der Waals surface area contributed by atoms with Crippen molar-refractivity contribution in [2.24, 2.45) is 5.73 Å². The minimum atomic E-state index is 0.685. The van der Waals surface area contributed by atoms with E-state index in [9.17, 15) is 0 Å². The summed E-state index contributed by atoms with van der Waals surface area (Å²) >= 11 is 0. The number of imidazole rings is 1. The van der Waals surface area contributed by atoms with E-state index >= 15 is 0 Å². The molecular weight excluding hydrogens is 264 g/mol. The first kappa shape index (κ1) is 14.1. The fourth-order valence-corrected chi connectivity index (χ4v) is 2.63. The van der Waals surface area contributed by atoms with Gasteiger partial charge < -0.3 is 15.0 Å². The van der Waals surface area contributed by atoms with Crippen molar-refractivity contribution in [2.75, 3.05) is 26.2 Å². The second kappa shape index (κ2) is 6.74. The molecule has 2 N–H and O–H groups in total. The van der Waals surface area contributed by atoms with Crippen LogP contribution in [0.15, 0.2) is 36.7 Å². The average Bonchev–Trinajstić information content (AvgIpc) is 2.97. The predicted octanol–water partition coefficient (Wildman–Crippen LogP) is 1.28. The Morgan fingerprint density at radius 3 is 2.86 bits per heavy atom. The Labute approximate surface area is 125 Å². The maximum absolute atomic E-state index is 5.81. The smallest absolute Gasteiger partial charge is 0.122 e. The van der Waals surface area contributed by atoms with E-state index < -0.39 is 0 Å². The van der Waals surface area contributed by atoms with Crippen molar-refractivity contribution in [3.8, 4) is 5.75 Å². The molecule has 1 aliphatic rings. The van der Waals surface area contributed by atoms with Gasteiger partial charge in [0.2, 0.25) is 0 Å². The zero-order valence-corrected chi connectivity index (χ0v) is 12.2. The molecule has 0 unspecified atom stereocenters. The van der Waals surface area contributed by atoms with Gasteiger partial charge in [0.15, 0.2) is 0 Å². The molecule has 0 amide bonds. The van der Waals surface area contributed by atoms with Crippen molar-refractivity contribution in [1.29, 1.82) is 0 Å². The first-order valence-corrected chi connectivity index (χ1v) is 7.49. The lowest BCUT2D eigenvalue weighted by Crippen LogP contribution is -2.36. The zero-order chi connectivity index (χ0) is 14.5. The maximum Gasteiger partial charge on any atom is 0.122 e. The van der Waals surface area contributed by atoms with Crippen LogP contribution in [0.4, 0.5) is 0 Å². The first-order valence-electron chi connectivity index (χ1n) is 7.49.